The van der Waals surface area contributed by atoms with Crippen LogP contribution in [0, 0.1) is 5.41 Å². The van der Waals surface area contributed by atoms with Gasteiger partial charge in [-0.05, 0) is 30.2 Å². The molecule has 0 unspecified atom stereocenters. The third-order valence-electron chi connectivity index (χ3n) is 6.30. The highest BCUT2D eigenvalue weighted by Gasteiger charge is 2.36. The fourth-order valence-electron chi connectivity index (χ4n) is 4.82. The molecule has 166 valence electrons. The van der Waals surface area contributed by atoms with Crippen molar-refractivity contribution in [2.45, 2.75) is 45.6 Å². The van der Waals surface area contributed by atoms with Gasteiger partial charge < -0.3 is 15.8 Å². The number of thiophene rings is 1. The fourth-order valence-corrected chi connectivity index (χ4v) is 5.86. The lowest BCUT2D eigenvalue weighted by atomic mass is 9.73. The van der Waals surface area contributed by atoms with Gasteiger partial charge in [0, 0.05) is 36.1 Å². The number of amides is 1. The molecule has 32 heavy (non-hydrogen) atoms. The Morgan fingerprint density at radius 1 is 1.25 bits per heavy atom. The maximum absolute atomic E-state index is 13.3. The minimum Gasteiger partial charge on any atom is -0.397 e. The number of aromatic nitrogens is 1. The number of ketones is 1. The van der Waals surface area contributed by atoms with Gasteiger partial charge >= 0.3 is 0 Å². The van der Waals surface area contributed by atoms with Crippen molar-refractivity contribution < 1.29 is 14.3 Å². The van der Waals surface area contributed by atoms with Crippen molar-refractivity contribution in [3.63, 3.8) is 0 Å². The van der Waals surface area contributed by atoms with Crippen molar-refractivity contribution >= 4 is 38.9 Å². The molecule has 0 saturated carbocycles. The first-order chi connectivity index (χ1) is 15.3. The lowest BCUT2D eigenvalue weighted by Crippen LogP contribution is -2.31. The Kier molecular flexibility index (Phi) is 5.26. The number of nitrogens with one attached hydrogen (secondary N) is 1. The number of nitrogen functional groups attached to an aromatic ring is 1. The summed E-state index contributed by atoms with van der Waals surface area (Å²) in [6, 6.07) is 9.80. The molecule has 2 aliphatic rings. The number of pyridine rings is 1. The van der Waals surface area contributed by atoms with Gasteiger partial charge in [-0.25, -0.2) is 4.98 Å². The number of Topliss-reactive ketones (excluding diaryl/α,β-unsaturated/α-hetero) is 1. The van der Waals surface area contributed by atoms with Crippen LogP contribution in [0.4, 0.5) is 5.69 Å². The van der Waals surface area contributed by atoms with Gasteiger partial charge in [0.05, 0.1) is 17.5 Å². The molecular formula is C25H27N3O3S. The van der Waals surface area contributed by atoms with Gasteiger partial charge in [0.1, 0.15) is 9.71 Å². The topological polar surface area (TPSA) is 94.3 Å². The Morgan fingerprint density at radius 3 is 2.75 bits per heavy atom. The summed E-state index contributed by atoms with van der Waals surface area (Å²) in [4.78, 5) is 32.3. The van der Waals surface area contributed by atoms with Crippen molar-refractivity contribution in [1.82, 2.24) is 10.3 Å². The molecule has 0 radical (unpaired) electrons. The summed E-state index contributed by atoms with van der Waals surface area (Å²) in [5.74, 6) is -0.135. The van der Waals surface area contributed by atoms with E-state index in [4.69, 9.17) is 15.5 Å². The van der Waals surface area contributed by atoms with Gasteiger partial charge in [-0.3, -0.25) is 9.59 Å². The first kappa shape index (κ1) is 21.1. The molecule has 2 aromatic heterocycles. The number of fused-ring (bicyclic) bond motifs is 2. The molecule has 0 spiro atoms. The van der Waals surface area contributed by atoms with Crippen molar-refractivity contribution in [3.05, 3.63) is 46.5 Å². The molecule has 1 saturated heterocycles. The van der Waals surface area contributed by atoms with E-state index in [-0.39, 0.29) is 23.2 Å². The van der Waals surface area contributed by atoms with E-state index in [1.807, 2.05) is 30.3 Å². The Bertz CT molecular complexity index is 1210. The standard InChI is InChI=1S/C25H27N3O3S/c1-25(2)11-16-19(17(29)12-25)18(14-7-4-3-5-8-14)20-21(26)22(32-24(20)28-16)23(30)27-13-15-9-6-10-31-15/h3-5,7-8,15H,6,9-13,26H2,1-2H3,(H,27,30)/t15-/m0/s1. The molecule has 3 heterocycles. The van der Waals surface area contributed by atoms with E-state index < -0.39 is 0 Å². The Balaban J connectivity index is 1.65. The maximum atomic E-state index is 13.3. The van der Waals surface area contributed by atoms with Crippen LogP contribution in [0.5, 0.6) is 0 Å². The summed E-state index contributed by atoms with van der Waals surface area (Å²) in [5, 5.41) is 3.67. The van der Waals surface area contributed by atoms with Crippen molar-refractivity contribution in [3.8, 4) is 11.1 Å². The van der Waals surface area contributed by atoms with Crippen LogP contribution in [0.2, 0.25) is 0 Å². The molecule has 1 atom stereocenters. The molecule has 1 aromatic carbocycles. The molecule has 3 aromatic rings. The average molecular weight is 450 g/mol. The minimum atomic E-state index is -0.218. The van der Waals surface area contributed by atoms with Crippen LogP contribution in [0.25, 0.3) is 21.3 Å². The zero-order valence-corrected chi connectivity index (χ0v) is 19.2. The van der Waals surface area contributed by atoms with Gasteiger partial charge in [-0.2, -0.15) is 0 Å². The minimum absolute atomic E-state index is 0.0553. The number of ether oxygens (including phenoxy) is 1. The molecule has 7 heteroatoms. The van der Waals surface area contributed by atoms with E-state index in [1.165, 1.54) is 11.3 Å². The van der Waals surface area contributed by atoms with Crippen LogP contribution in [-0.2, 0) is 11.2 Å². The number of hydrogen-bond acceptors (Lipinski definition) is 6. The summed E-state index contributed by atoms with van der Waals surface area (Å²) < 4.78 is 5.61. The van der Waals surface area contributed by atoms with E-state index >= 15 is 0 Å². The highest BCUT2D eigenvalue weighted by atomic mass is 32.1. The van der Waals surface area contributed by atoms with E-state index in [2.05, 4.69) is 19.2 Å². The third-order valence-corrected chi connectivity index (χ3v) is 7.40. The second kappa shape index (κ2) is 7.98. The SMILES string of the molecule is CC1(C)CC(=O)c2c(nc3sc(C(=O)NC[C@@H]4CCCO4)c(N)c3c2-c2ccccc2)C1. The van der Waals surface area contributed by atoms with Gasteiger partial charge in [0.15, 0.2) is 5.78 Å². The summed E-state index contributed by atoms with van der Waals surface area (Å²) >= 11 is 1.30. The predicted octanol–water partition coefficient (Wildman–Crippen LogP) is 4.61. The van der Waals surface area contributed by atoms with E-state index in [9.17, 15) is 9.59 Å². The van der Waals surface area contributed by atoms with Crippen LogP contribution in [-0.4, -0.2) is 35.9 Å². The zero-order chi connectivity index (χ0) is 22.5. The van der Waals surface area contributed by atoms with Crippen LogP contribution < -0.4 is 11.1 Å². The highest BCUT2D eigenvalue weighted by molar-refractivity contribution is 7.21. The second-order valence-electron chi connectivity index (χ2n) is 9.49. The van der Waals surface area contributed by atoms with Crippen LogP contribution in [0.15, 0.2) is 30.3 Å². The number of carbonyl (C=O) groups is 2. The molecule has 1 fully saturated rings. The van der Waals surface area contributed by atoms with Crippen molar-refractivity contribution in [2.75, 3.05) is 18.9 Å². The van der Waals surface area contributed by atoms with Gasteiger partial charge in [0.25, 0.3) is 5.91 Å². The normalized spacial score (nSPS) is 19.8. The monoisotopic (exact) mass is 449 g/mol. The Labute approximate surface area is 191 Å². The molecule has 1 amide bonds. The van der Waals surface area contributed by atoms with Crippen LogP contribution in [0.1, 0.15) is 58.8 Å². The van der Waals surface area contributed by atoms with Crippen LogP contribution in [0.3, 0.4) is 0 Å². The van der Waals surface area contributed by atoms with Crippen LogP contribution >= 0.6 is 11.3 Å². The lowest BCUT2D eigenvalue weighted by molar-refractivity contribution is 0.0861. The fraction of sp³-hybridized carbons (Fsp3) is 0.400. The lowest BCUT2D eigenvalue weighted by Gasteiger charge is -2.30. The third kappa shape index (κ3) is 3.69. The van der Waals surface area contributed by atoms with Crippen molar-refractivity contribution in [1.29, 1.82) is 0 Å². The molecule has 1 aliphatic carbocycles. The first-order valence-electron chi connectivity index (χ1n) is 11.1. The van der Waals surface area contributed by atoms with E-state index in [0.717, 1.165) is 36.3 Å². The van der Waals surface area contributed by atoms with Crippen molar-refractivity contribution in [2.24, 2.45) is 5.41 Å². The summed E-state index contributed by atoms with van der Waals surface area (Å²) in [6.07, 6.45) is 3.20. The van der Waals surface area contributed by atoms with Gasteiger partial charge in [0.2, 0.25) is 0 Å². The average Bonchev–Trinajstić information content (AvgIpc) is 3.38. The quantitative estimate of drug-likeness (QED) is 0.607. The first-order valence-corrected chi connectivity index (χ1v) is 11.9. The maximum Gasteiger partial charge on any atom is 0.263 e. The summed E-state index contributed by atoms with van der Waals surface area (Å²) in [6.45, 7) is 5.39. The summed E-state index contributed by atoms with van der Waals surface area (Å²) in [7, 11) is 0. The number of anilines is 1. The number of benzene rings is 1. The number of hydrogen-bond donors (Lipinski definition) is 2. The predicted molar refractivity (Wildman–Crippen MR) is 127 cm³/mol. The summed E-state index contributed by atoms with van der Waals surface area (Å²) in [5.41, 5.74) is 9.97. The largest absolute Gasteiger partial charge is 0.397 e. The van der Waals surface area contributed by atoms with E-state index in [1.54, 1.807) is 0 Å². The smallest absolute Gasteiger partial charge is 0.263 e. The molecule has 1 aliphatic heterocycles. The highest BCUT2D eigenvalue weighted by Crippen LogP contribution is 2.46. The van der Waals surface area contributed by atoms with Gasteiger partial charge in [-0.1, -0.05) is 44.2 Å². The molecule has 5 rings (SSSR count). The molecule has 3 N–H and O–H groups in total. The zero-order valence-electron chi connectivity index (χ0n) is 18.4. The van der Waals surface area contributed by atoms with E-state index in [0.29, 0.717) is 45.7 Å². The van der Waals surface area contributed by atoms with Gasteiger partial charge in [-0.15, -0.1) is 11.3 Å². The second-order valence-corrected chi connectivity index (χ2v) is 10.5. The number of nitrogens with two attached hydrogens (primary N) is 1. The molecular weight excluding hydrogens is 422 g/mol. The number of rotatable bonds is 4. The number of nitrogens with zero attached hydrogens (tertiary/aromatic N) is 1. The number of carbonyl (C=O) groups excluding carboxylic acids is 2. The Morgan fingerprint density at radius 2 is 2.03 bits per heavy atom. The molecule has 0 bridgehead atoms. The Hall–Kier alpha value is -2.77. The molecule has 6 nitrogen and oxygen atoms in total.